The van der Waals surface area contributed by atoms with Crippen molar-refractivity contribution in [2.75, 3.05) is 11.9 Å². The first-order chi connectivity index (χ1) is 9.67. The van der Waals surface area contributed by atoms with Gasteiger partial charge in [0.25, 0.3) is 0 Å². The molecular formula is C17H28N2O. The molecule has 1 N–H and O–H groups in total. The van der Waals surface area contributed by atoms with E-state index in [-0.39, 0.29) is 0 Å². The summed E-state index contributed by atoms with van der Waals surface area (Å²) in [5.41, 5.74) is 1.11. The summed E-state index contributed by atoms with van der Waals surface area (Å²) in [5, 5.41) is 3.64. The average Bonchev–Trinajstić information content (AvgIpc) is 2.41. The number of nitrogens with zero attached hydrogens (tertiary/aromatic N) is 1. The number of ether oxygens (including phenoxy) is 1. The Labute approximate surface area is 123 Å². The molecule has 2 atom stereocenters. The SMILES string of the molecule is CCOc1ccc(NC2CCCC(CC(C)C)C2)cn1. The van der Waals surface area contributed by atoms with Crippen molar-refractivity contribution in [3.05, 3.63) is 18.3 Å². The number of nitrogens with one attached hydrogen (secondary N) is 1. The Morgan fingerprint density at radius 1 is 1.35 bits per heavy atom. The molecule has 0 amide bonds. The maximum absolute atomic E-state index is 5.37. The third-order valence-electron chi connectivity index (χ3n) is 3.99. The maximum atomic E-state index is 5.37. The van der Waals surface area contributed by atoms with Crippen molar-refractivity contribution in [1.82, 2.24) is 4.98 Å². The Hall–Kier alpha value is -1.25. The Morgan fingerprint density at radius 3 is 2.85 bits per heavy atom. The van der Waals surface area contributed by atoms with Crippen molar-refractivity contribution in [1.29, 1.82) is 0 Å². The number of pyridine rings is 1. The zero-order chi connectivity index (χ0) is 14.4. The molecule has 1 aromatic rings. The van der Waals surface area contributed by atoms with Crippen molar-refractivity contribution in [2.24, 2.45) is 11.8 Å². The quantitative estimate of drug-likeness (QED) is 0.830. The fraction of sp³-hybridized carbons (Fsp3) is 0.706. The molecule has 3 nitrogen and oxygen atoms in total. The van der Waals surface area contributed by atoms with E-state index in [1.807, 2.05) is 19.2 Å². The van der Waals surface area contributed by atoms with Crippen LogP contribution in [-0.2, 0) is 0 Å². The van der Waals surface area contributed by atoms with Crippen LogP contribution in [-0.4, -0.2) is 17.6 Å². The second-order valence-corrected chi connectivity index (χ2v) is 6.32. The smallest absolute Gasteiger partial charge is 0.213 e. The van der Waals surface area contributed by atoms with Crippen LogP contribution in [0.1, 0.15) is 52.9 Å². The number of rotatable bonds is 6. The van der Waals surface area contributed by atoms with Crippen LogP contribution < -0.4 is 10.1 Å². The number of anilines is 1. The Bertz CT molecular complexity index is 388. The van der Waals surface area contributed by atoms with Gasteiger partial charge in [-0.05, 0) is 44.1 Å². The summed E-state index contributed by atoms with van der Waals surface area (Å²) in [7, 11) is 0. The molecule has 0 aromatic carbocycles. The summed E-state index contributed by atoms with van der Waals surface area (Å²) in [5.74, 6) is 2.40. The minimum Gasteiger partial charge on any atom is -0.478 e. The molecule has 2 unspecified atom stereocenters. The highest BCUT2D eigenvalue weighted by atomic mass is 16.5. The lowest BCUT2D eigenvalue weighted by atomic mass is 9.81. The lowest BCUT2D eigenvalue weighted by molar-refractivity contribution is 0.289. The summed E-state index contributed by atoms with van der Waals surface area (Å²) in [4.78, 5) is 4.32. The zero-order valence-corrected chi connectivity index (χ0v) is 13.1. The summed E-state index contributed by atoms with van der Waals surface area (Å²) in [6.07, 6.45) is 8.57. The normalized spacial score (nSPS) is 22.8. The fourth-order valence-electron chi connectivity index (χ4n) is 3.24. The molecule has 1 aromatic heterocycles. The number of hydrogen-bond donors (Lipinski definition) is 1. The van der Waals surface area contributed by atoms with Crippen LogP contribution in [0.4, 0.5) is 5.69 Å². The summed E-state index contributed by atoms with van der Waals surface area (Å²) >= 11 is 0. The van der Waals surface area contributed by atoms with Gasteiger partial charge in [0, 0.05) is 12.1 Å². The molecule has 0 saturated heterocycles. The van der Waals surface area contributed by atoms with Crippen LogP contribution in [0, 0.1) is 11.8 Å². The van der Waals surface area contributed by atoms with Gasteiger partial charge in [0.15, 0.2) is 0 Å². The highest BCUT2D eigenvalue weighted by molar-refractivity contribution is 5.43. The van der Waals surface area contributed by atoms with Gasteiger partial charge in [-0.3, -0.25) is 0 Å². The molecule has 112 valence electrons. The molecule has 0 radical (unpaired) electrons. The molecule has 20 heavy (non-hydrogen) atoms. The molecule has 0 aliphatic heterocycles. The second kappa shape index (κ2) is 7.51. The van der Waals surface area contributed by atoms with Gasteiger partial charge in [0.05, 0.1) is 18.5 Å². The summed E-state index contributed by atoms with van der Waals surface area (Å²) in [6.45, 7) is 7.30. The first-order valence-electron chi connectivity index (χ1n) is 8.02. The van der Waals surface area contributed by atoms with Crippen LogP contribution in [0.25, 0.3) is 0 Å². The van der Waals surface area contributed by atoms with E-state index in [2.05, 4.69) is 30.2 Å². The molecule has 1 saturated carbocycles. The van der Waals surface area contributed by atoms with Crippen molar-refractivity contribution in [3.63, 3.8) is 0 Å². The van der Waals surface area contributed by atoms with Crippen molar-refractivity contribution >= 4 is 5.69 Å². The van der Waals surface area contributed by atoms with E-state index in [1.54, 1.807) is 0 Å². The van der Waals surface area contributed by atoms with Crippen LogP contribution in [0.5, 0.6) is 5.88 Å². The van der Waals surface area contributed by atoms with E-state index in [4.69, 9.17) is 4.74 Å². The topological polar surface area (TPSA) is 34.1 Å². The van der Waals surface area contributed by atoms with Gasteiger partial charge in [-0.1, -0.05) is 26.7 Å². The third-order valence-corrected chi connectivity index (χ3v) is 3.99. The highest BCUT2D eigenvalue weighted by Crippen LogP contribution is 2.31. The molecule has 3 heteroatoms. The Balaban J connectivity index is 1.85. The van der Waals surface area contributed by atoms with E-state index >= 15 is 0 Å². The van der Waals surface area contributed by atoms with Gasteiger partial charge < -0.3 is 10.1 Å². The number of hydrogen-bond acceptors (Lipinski definition) is 3. The zero-order valence-electron chi connectivity index (χ0n) is 13.1. The van der Waals surface area contributed by atoms with E-state index in [0.717, 1.165) is 17.5 Å². The van der Waals surface area contributed by atoms with E-state index < -0.39 is 0 Å². The van der Waals surface area contributed by atoms with Gasteiger partial charge in [-0.2, -0.15) is 0 Å². The summed E-state index contributed by atoms with van der Waals surface area (Å²) in [6, 6.07) is 4.62. The van der Waals surface area contributed by atoms with Crippen molar-refractivity contribution < 1.29 is 4.74 Å². The van der Waals surface area contributed by atoms with E-state index in [9.17, 15) is 0 Å². The first-order valence-corrected chi connectivity index (χ1v) is 8.02. The lowest BCUT2D eigenvalue weighted by Gasteiger charge is -2.31. The van der Waals surface area contributed by atoms with Crippen LogP contribution in [0.2, 0.25) is 0 Å². The van der Waals surface area contributed by atoms with Crippen LogP contribution in [0.15, 0.2) is 18.3 Å². The van der Waals surface area contributed by atoms with Gasteiger partial charge in [-0.25, -0.2) is 4.98 Å². The molecule has 1 heterocycles. The van der Waals surface area contributed by atoms with Gasteiger partial charge in [-0.15, -0.1) is 0 Å². The molecule has 1 aliphatic rings. The first kappa shape index (κ1) is 15.1. The minimum atomic E-state index is 0.604. The molecule has 0 spiro atoms. The summed E-state index contributed by atoms with van der Waals surface area (Å²) < 4.78 is 5.37. The standard InChI is InChI=1S/C17H28N2O/c1-4-20-17-9-8-16(12-18-17)19-15-7-5-6-14(11-15)10-13(2)3/h8-9,12-15,19H,4-7,10-11H2,1-3H3. The Morgan fingerprint density at radius 2 is 2.20 bits per heavy atom. The highest BCUT2D eigenvalue weighted by Gasteiger charge is 2.22. The molecule has 1 aliphatic carbocycles. The van der Waals surface area contributed by atoms with Crippen LogP contribution in [0.3, 0.4) is 0 Å². The monoisotopic (exact) mass is 276 g/mol. The Kier molecular flexibility index (Phi) is 5.69. The van der Waals surface area contributed by atoms with E-state index in [0.29, 0.717) is 18.5 Å². The van der Waals surface area contributed by atoms with Crippen molar-refractivity contribution in [3.8, 4) is 5.88 Å². The van der Waals surface area contributed by atoms with E-state index in [1.165, 1.54) is 32.1 Å². The third kappa shape index (κ3) is 4.69. The second-order valence-electron chi connectivity index (χ2n) is 6.32. The predicted molar refractivity (Wildman–Crippen MR) is 84.2 cm³/mol. The van der Waals surface area contributed by atoms with Gasteiger partial charge in [0.1, 0.15) is 0 Å². The minimum absolute atomic E-state index is 0.604. The molecular weight excluding hydrogens is 248 g/mol. The molecule has 2 rings (SSSR count). The fourth-order valence-corrected chi connectivity index (χ4v) is 3.24. The molecule has 1 fully saturated rings. The molecule has 0 bridgehead atoms. The largest absolute Gasteiger partial charge is 0.478 e. The predicted octanol–water partition coefficient (Wildman–Crippen LogP) is 4.50. The number of aromatic nitrogens is 1. The van der Waals surface area contributed by atoms with Gasteiger partial charge in [0.2, 0.25) is 5.88 Å². The maximum Gasteiger partial charge on any atom is 0.213 e. The van der Waals surface area contributed by atoms with Gasteiger partial charge >= 0.3 is 0 Å². The average molecular weight is 276 g/mol. The lowest BCUT2D eigenvalue weighted by Crippen LogP contribution is -2.28. The van der Waals surface area contributed by atoms with Crippen LogP contribution >= 0.6 is 0 Å². The van der Waals surface area contributed by atoms with Crippen molar-refractivity contribution in [2.45, 2.75) is 58.9 Å².